The average Bonchev–Trinajstić information content (AvgIpc) is 1.30. The van der Waals surface area contributed by atoms with E-state index in [4.69, 9.17) is 0 Å². The molecule has 0 aromatic carbocycles. The second-order valence-electron chi connectivity index (χ2n) is 0.897. The minimum absolute atomic E-state index is 0.130. The van der Waals surface area contributed by atoms with Crippen LogP contribution in [-0.2, 0) is 19.1 Å². The van der Waals surface area contributed by atoms with Crippen LogP contribution in [0.2, 0.25) is 0 Å². The van der Waals surface area contributed by atoms with Crippen LogP contribution in [0.3, 0.4) is 0 Å². The van der Waals surface area contributed by atoms with Gasteiger partial charge in [-0.3, -0.25) is 4.79 Å². The molecule has 0 atom stereocenters. The molecule has 0 aromatic heterocycles. The minimum Gasteiger partial charge on any atom is -0.349 e. The fraction of sp³-hybridized carbons (Fsp3) is 0.500. The van der Waals surface area contributed by atoms with Gasteiger partial charge < -0.3 is 4.18 Å². The lowest BCUT2D eigenvalue weighted by molar-refractivity contribution is -0.120. The summed E-state index contributed by atoms with van der Waals surface area (Å²) < 4.78 is 23.1. The van der Waals surface area contributed by atoms with Gasteiger partial charge in [0.15, 0.2) is 0 Å². The summed E-state index contributed by atoms with van der Waals surface area (Å²) in [7, 11) is -3.54. The summed E-state index contributed by atoms with van der Waals surface area (Å²) in [6.45, 7) is -0.130. The lowest BCUT2D eigenvalue weighted by Gasteiger charge is -1.85. The molecule has 0 radical (unpaired) electrons. The maximum absolute atomic E-state index is 9.78. The lowest BCUT2D eigenvalue weighted by Crippen LogP contribution is -1.99. The molecule has 42 valence electrons. The maximum Gasteiger partial charge on any atom is 0.309 e. The van der Waals surface area contributed by atoms with Crippen molar-refractivity contribution in [1.29, 1.82) is 0 Å². The Balaban J connectivity index is 3.84. The molecule has 0 aliphatic carbocycles. The zero-order valence-corrected chi connectivity index (χ0v) is 4.44. The number of carbonyl (C=O) groups is 1. The van der Waals surface area contributed by atoms with Crippen LogP contribution in [0.1, 0.15) is 0 Å². The van der Waals surface area contributed by atoms with Gasteiger partial charge in [0.25, 0.3) is 0 Å². The normalized spacial score (nSPS) is 10.4. The fourth-order valence-electron chi connectivity index (χ4n) is 0.0714. The molecule has 0 spiro atoms. The Morgan fingerprint density at radius 2 is 2.00 bits per heavy atom. The average molecular weight is 124 g/mol. The summed E-state index contributed by atoms with van der Waals surface area (Å²) in [5, 5.41) is 0. The quantitative estimate of drug-likeness (QED) is 0.354. The molecule has 0 fully saturated rings. The van der Waals surface area contributed by atoms with Crippen LogP contribution in [0.4, 0.5) is 0 Å². The number of carbonyl (C=O) groups excluding carboxylic acids is 1. The second kappa shape index (κ2) is 1.92. The van der Waals surface area contributed by atoms with Gasteiger partial charge in [-0.2, -0.15) is 8.42 Å². The van der Waals surface area contributed by atoms with E-state index in [9.17, 15) is 13.2 Å². The van der Waals surface area contributed by atoms with Crippen LogP contribution in [-0.4, -0.2) is 21.1 Å². The molecule has 4 nitrogen and oxygen atoms in total. The van der Waals surface area contributed by atoms with Crippen LogP contribution >= 0.6 is 0 Å². The minimum atomic E-state index is -3.54. The Morgan fingerprint density at radius 3 is 2.00 bits per heavy atom. The van der Waals surface area contributed by atoms with Gasteiger partial charge in [-0.15, -0.1) is 0 Å². The Labute approximate surface area is 41.2 Å². The summed E-state index contributed by atoms with van der Waals surface area (Å²) >= 11 is 0. The molecule has 0 aromatic rings. The lowest BCUT2D eigenvalue weighted by atomic mass is 11.7. The Hall–Kier alpha value is -0.580. The summed E-state index contributed by atoms with van der Waals surface area (Å²) in [5.74, 6) is 0. The Bertz CT molecular complexity index is 143. The highest BCUT2D eigenvalue weighted by molar-refractivity contribution is 7.86. The third-order valence-corrected chi connectivity index (χ3v) is 0.642. The van der Waals surface area contributed by atoms with Gasteiger partial charge in [0.2, 0.25) is 0 Å². The molecule has 0 amide bonds. The number of hydrogen-bond donors (Lipinski definition) is 0. The second-order valence-corrected chi connectivity index (χ2v) is 2.50. The van der Waals surface area contributed by atoms with Crippen molar-refractivity contribution in [2.75, 3.05) is 6.26 Å². The van der Waals surface area contributed by atoms with Crippen LogP contribution in [0.5, 0.6) is 0 Å². The molecule has 0 saturated heterocycles. The molecule has 0 heterocycles. The number of hydrogen-bond acceptors (Lipinski definition) is 4. The van der Waals surface area contributed by atoms with Crippen molar-refractivity contribution in [1.82, 2.24) is 0 Å². The van der Waals surface area contributed by atoms with Crippen LogP contribution in [0, 0.1) is 0 Å². The SMILES string of the molecule is CS(=O)(=O)OC=O. The maximum atomic E-state index is 9.78. The highest BCUT2D eigenvalue weighted by Crippen LogP contribution is 1.77. The Morgan fingerprint density at radius 1 is 1.57 bits per heavy atom. The monoisotopic (exact) mass is 124 g/mol. The summed E-state index contributed by atoms with van der Waals surface area (Å²) in [6.07, 6.45) is 0.793. The van der Waals surface area contributed by atoms with Gasteiger partial charge in [-0.1, -0.05) is 0 Å². The predicted octanol–water partition coefficient (Wildman–Crippen LogP) is -0.881. The van der Waals surface area contributed by atoms with E-state index in [1.165, 1.54) is 0 Å². The van der Waals surface area contributed by atoms with Crippen LogP contribution in [0.25, 0.3) is 0 Å². The first-order valence-corrected chi connectivity index (χ1v) is 3.20. The molecular formula is C2H4O4S. The molecule has 7 heavy (non-hydrogen) atoms. The Kier molecular flexibility index (Phi) is 1.76. The molecule has 0 rings (SSSR count). The summed E-state index contributed by atoms with van der Waals surface area (Å²) in [5.41, 5.74) is 0. The first-order valence-electron chi connectivity index (χ1n) is 1.38. The van der Waals surface area contributed by atoms with Crippen LogP contribution < -0.4 is 0 Å². The van der Waals surface area contributed by atoms with E-state index in [2.05, 4.69) is 4.18 Å². The van der Waals surface area contributed by atoms with E-state index in [1.54, 1.807) is 0 Å². The molecule has 0 unspecified atom stereocenters. The van der Waals surface area contributed by atoms with Gasteiger partial charge in [-0.05, 0) is 0 Å². The highest BCUT2D eigenvalue weighted by Gasteiger charge is 1.95. The van der Waals surface area contributed by atoms with Crippen molar-refractivity contribution in [3.05, 3.63) is 0 Å². The van der Waals surface area contributed by atoms with Crippen molar-refractivity contribution in [2.24, 2.45) is 0 Å². The van der Waals surface area contributed by atoms with Gasteiger partial charge in [0, 0.05) is 0 Å². The van der Waals surface area contributed by atoms with E-state index in [-0.39, 0.29) is 6.47 Å². The molecule has 0 bridgehead atoms. The van der Waals surface area contributed by atoms with Crippen LogP contribution in [0.15, 0.2) is 0 Å². The topological polar surface area (TPSA) is 60.4 Å². The predicted molar refractivity (Wildman–Crippen MR) is 22.0 cm³/mol. The third kappa shape index (κ3) is 5.42. The first kappa shape index (κ1) is 6.42. The molecule has 0 aliphatic rings. The van der Waals surface area contributed by atoms with E-state index in [1.807, 2.05) is 0 Å². The summed E-state index contributed by atoms with van der Waals surface area (Å²) in [4.78, 5) is 9.22. The fourth-order valence-corrected chi connectivity index (χ4v) is 0.214. The molecular weight excluding hydrogens is 120 g/mol. The van der Waals surface area contributed by atoms with E-state index < -0.39 is 10.1 Å². The van der Waals surface area contributed by atoms with Crippen molar-refractivity contribution in [2.45, 2.75) is 0 Å². The van der Waals surface area contributed by atoms with Gasteiger partial charge in [-0.25, -0.2) is 0 Å². The van der Waals surface area contributed by atoms with E-state index >= 15 is 0 Å². The zero-order valence-electron chi connectivity index (χ0n) is 3.62. The first-order chi connectivity index (χ1) is 3.06. The van der Waals surface area contributed by atoms with Crippen molar-refractivity contribution in [3.8, 4) is 0 Å². The van der Waals surface area contributed by atoms with E-state index in [0.29, 0.717) is 0 Å². The van der Waals surface area contributed by atoms with Crippen molar-refractivity contribution < 1.29 is 17.4 Å². The standard InChI is InChI=1S/C2H4O4S/c1-7(4,5)6-2-3/h2H,1H3. The zero-order chi connectivity index (χ0) is 5.91. The number of rotatable bonds is 2. The summed E-state index contributed by atoms with van der Waals surface area (Å²) in [6, 6.07) is 0. The van der Waals surface area contributed by atoms with Gasteiger partial charge in [0.1, 0.15) is 0 Å². The van der Waals surface area contributed by atoms with Gasteiger partial charge in [0.05, 0.1) is 6.26 Å². The highest BCUT2D eigenvalue weighted by atomic mass is 32.2. The third-order valence-electron chi connectivity index (χ3n) is 0.214. The van der Waals surface area contributed by atoms with E-state index in [0.717, 1.165) is 6.26 Å². The van der Waals surface area contributed by atoms with Crippen molar-refractivity contribution >= 4 is 16.6 Å². The smallest absolute Gasteiger partial charge is 0.309 e. The molecule has 5 heteroatoms. The van der Waals surface area contributed by atoms with Crippen molar-refractivity contribution in [3.63, 3.8) is 0 Å². The molecule has 0 saturated carbocycles. The largest absolute Gasteiger partial charge is 0.349 e. The molecule has 0 aliphatic heterocycles. The van der Waals surface area contributed by atoms with Gasteiger partial charge >= 0.3 is 16.6 Å². The molecule has 0 N–H and O–H groups in total.